The molecule has 0 unspecified atom stereocenters. The van der Waals surface area contributed by atoms with E-state index in [1.165, 1.54) is 12.1 Å². The molecule has 1 heterocycles. The minimum Gasteiger partial charge on any atom is -0.452 e. The summed E-state index contributed by atoms with van der Waals surface area (Å²) in [4.78, 5) is 34.4. The number of fused-ring (bicyclic) bond motifs is 1. The second-order valence-electron chi connectivity index (χ2n) is 5.72. The normalized spacial score (nSPS) is 10.6. The zero-order valence-corrected chi connectivity index (χ0v) is 14.9. The molecule has 1 amide bonds. The number of non-ortho nitro benzene ring substituents is 1. The van der Waals surface area contributed by atoms with Crippen LogP contribution in [0.15, 0.2) is 48.7 Å². The van der Waals surface area contributed by atoms with E-state index in [1.54, 1.807) is 16.8 Å². The maximum absolute atomic E-state index is 12.3. The fourth-order valence-electron chi connectivity index (χ4n) is 2.62. The van der Waals surface area contributed by atoms with Crippen molar-refractivity contribution in [1.29, 1.82) is 0 Å². The first-order chi connectivity index (χ1) is 12.9. The number of ether oxygens (including phenoxy) is 1. The average molecular weight is 388 g/mol. The molecule has 138 valence electrons. The van der Waals surface area contributed by atoms with Crippen LogP contribution in [0.25, 0.3) is 10.9 Å². The Morgan fingerprint density at radius 1 is 1.26 bits per heavy atom. The highest BCUT2D eigenvalue weighted by Crippen LogP contribution is 2.26. The van der Waals surface area contributed by atoms with Crippen LogP contribution >= 0.6 is 11.6 Å². The topological polar surface area (TPSA) is 103 Å². The third kappa shape index (κ3) is 3.90. The van der Waals surface area contributed by atoms with Gasteiger partial charge in [-0.3, -0.25) is 14.9 Å². The van der Waals surface area contributed by atoms with Gasteiger partial charge in [0.25, 0.3) is 11.6 Å². The van der Waals surface area contributed by atoms with E-state index < -0.39 is 23.4 Å². The van der Waals surface area contributed by atoms with E-state index in [-0.39, 0.29) is 16.4 Å². The molecule has 9 heteroatoms. The molecule has 0 saturated heterocycles. The summed E-state index contributed by atoms with van der Waals surface area (Å²) in [6.45, 7) is -0.518. The molecule has 0 radical (unpaired) electrons. The summed E-state index contributed by atoms with van der Waals surface area (Å²) in [6, 6.07) is 11.0. The number of carbonyl (C=O) groups excluding carboxylic acids is 2. The molecule has 0 atom stereocenters. The number of aromatic nitrogens is 1. The van der Waals surface area contributed by atoms with Crippen LogP contribution in [0.4, 0.5) is 11.4 Å². The molecule has 0 aliphatic heterocycles. The molecule has 27 heavy (non-hydrogen) atoms. The lowest BCUT2D eigenvalue weighted by Gasteiger charge is -2.07. The second-order valence-corrected chi connectivity index (χ2v) is 6.12. The van der Waals surface area contributed by atoms with Crippen LogP contribution in [0, 0.1) is 10.1 Å². The number of aryl methyl sites for hydroxylation is 1. The number of benzene rings is 2. The minimum atomic E-state index is -0.628. The van der Waals surface area contributed by atoms with Crippen molar-refractivity contribution in [2.75, 3.05) is 11.9 Å². The monoisotopic (exact) mass is 387 g/mol. The molecule has 0 bridgehead atoms. The number of rotatable bonds is 5. The van der Waals surface area contributed by atoms with E-state index >= 15 is 0 Å². The molecular formula is C18H14ClN3O5. The van der Waals surface area contributed by atoms with Crippen LogP contribution in [0.3, 0.4) is 0 Å². The fourth-order valence-corrected chi connectivity index (χ4v) is 2.84. The Kier molecular flexibility index (Phi) is 5.09. The number of amides is 1. The number of hydrogen-bond acceptors (Lipinski definition) is 5. The van der Waals surface area contributed by atoms with Gasteiger partial charge in [-0.25, -0.2) is 4.79 Å². The number of esters is 1. The lowest BCUT2D eigenvalue weighted by Crippen LogP contribution is -2.21. The van der Waals surface area contributed by atoms with Gasteiger partial charge in [-0.15, -0.1) is 0 Å². The quantitative estimate of drug-likeness (QED) is 0.409. The van der Waals surface area contributed by atoms with Crippen molar-refractivity contribution in [3.63, 3.8) is 0 Å². The van der Waals surface area contributed by atoms with Crippen molar-refractivity contribution in [3.8, 4) is 0 Å². The Morgan fingerprint density at radius 3 is 2.70 bits per heavy atom. The number of halogens is 1. The molecular weight excluding hydrogens is 374 g/mol. The van der Waals surface area contributed by atoms with Crippen molar-refractivity contribution >= 4 is 45.8 Å². The summed E-state index contributed by atoms with van der Waals surface area (Å²) in [5.41, 5.74) is 1.22. The molecule has 3 aromatic rings. The predicted octanol–water partition coefficient (Wildman–Crippen LogP) is 3.54. The van der Waals surface area contributed by atoms with Crippen LogP contribution < -0.4 is 5.32 Å². The lowest BCUT2D eigenvalue weighted by atomic mass is 10.2. The number of carbonyl (C=O) groups is 2. The van der Waals surface area contributed by atoms with Gasteiger partial charge >= 0.3 is 5.97 Å². The summed E-state index contributed by atoms with van der Waals surface area (Å²) < 4.78 is 6.86. The Hall–Kier alpha value is -3.39. The first-order valence-corrected chi connectivity index (χ1v) is 8.19. The highest BCUT2D eigenvalue weighted by Gasteiger charge is 2.17. The largest absolute Gasteiger partial charge is 0.452 e. The maximum atomic E-state index is 12.3. The number of para-hydroxylation sites is 1. The summed E-state index contributed by atoms with van der Waals surface area (Å²) in [5.74, 6) is -1.24. The van der Waals surface area contributed by atoms with Crippen LogP contribution in [-0.4, -0.2) is 28.0 Å². The van der Waals surface area contributed by atoms with Crippen LogP contribution in [0.1, 0.15) is 10.4 Å². The van der Waals surface area contributed by atoms with Crippen LogP contribution in [-0.2, 0) is 16.6 Å². The first-order valence-electron chi connectivity index (χ1n) is 7.82. The average Bonchev–Trinajstić information content (AvgIpc) is 2.98. The van der Waals surface area contributed by atoms with Gasteiger partial charge in [-0.1, -0.05) is 29.8 Å². The zero-order valence-electron chi connectivity index (χ0n) is 14.1. The number of nitrogens with zero attached hydrogens (tertiary/aromatic N) is 2. The number of hydrogen-bond donors (Lipinski definition) is 1. The van der Waals surface area contributed by atoms with Crippen molar-refractivity contribution in [3.05, 3.63) is 69.4 Å². The SMILES string of the molecule is Cn1cc(C(=O)OCC(=O)Nc2ccc([N+](=O)[O-])cc2Cl)c2ccccc21. The zero-order chi connectivity index (χ0) is 19.6. The number of nitro groups is 1. The van der Waals surface area contributed by atoms with Crippen molar-refractivity contribution < 1.29 is 19.2 Å². The van der Waals surface area contributed by atoms with E-state index in [1.807, 2.05) is 25.2 Å². The molecule has 2 aromatic carbocycles. The van der Waals surface area contributed by atoms with Gasteiger partial charge in [0.05, 0.1) is 21.2 Å². The molecule has 0 fully saturated rings. The van der Waals surface area contributed by atoms with Crippen LogP contribution in [0.5, 0.6) is 0 Å². The van der Waals surface area contributed by atoms with Gasteiger partial charge in [-0.2, -0.15) is 0 Å². The Bertz CT molecular complexity index is 1060. The van der Waals surface area contributed by atoms with E-state index in [2.05, 4.69) is 5.32 Å². The Labute approximate surface area is 158 Å². The van der Waals surface area contributed by atoms with Gasteiger partial charge in [0.1, 0.15) is 0 Å². The fraction of sp³-hybridized carbons (Fsp3) is 0.111. The first kappa shape index (κ1) is 18.4. The van der Waals surface area contributed by atoms with Crippen molar-refractivity contribution in [2.24, 2.45) is 7.05 Å². The summed E-state index contributed by atoms with van der Waals surface area (Å²) >= 11 is 5.91. The third-order valence-corrected chi connectivity index (χ3v) is 4.20. The highest BCUT2D eigenvalue weighted by atomic mass is 35.5. The third-order valence-electron chi connectivity index (χ3n) is 3.89. The van der Waals surface area contributed by atoms with Crippen LogP contribution in [0.2, 0.25) is 5.02 Å². The summed E-state index contributed by atoms with van der Waals surface area (Å²) in [6.07, 6.45) is 1.64. The van der Waals surface area contributed by atoms with E-state index in [0.717, 1.165) is 17.0 Å². The van der Waals surface area contributed by atoms with Gasteiger partial charge in [0, 0.05) is 36.3 Å². The molecule has 1 aromatic heterocycles. The standard InChI is InChI=1S/C18H14ClN3O5/c1-21-9-13(12-4-2-3-5-16(12)21)18(24)27-10-17(23)20-15-7-6-11(22(25)26)8-14(15)19/h2-9H,10H2,1H3,(H,20,23). The van der Waals surface area contributed by atoms with E-state index in [4.69, 9.17) is 16.3 Å². The van der Waals surface area contributed by atoms with Gasteiger partial charge in [0.2, 0.25) is 0 Å². The van der Waals surface area contributed by atoms with Crippen molar-refractivity contribution in [2.45, 2.75) is 0 Å². The number of nitrogens with one attached hydrogen (secondary N) is 1. The Balaban J connectivity index is 1.65. The summed E-state index contributed by atoms with van der Waals surface area (Å²) in [5, 5.41) is 13.9. The maximum Gasteiger partial charge on any atom is 0.340 e. The smallest absolute Gasteiger partial charge is 0.340 e. The van der Waals surface area contributed by atoms with Gasteiger partial charge in [-0.05, 0) is 12.1 Å². The lowest BCUT2D eigenvalue weighted by molar-refractivity contribution is -0.384. The van der Waals surface area contributed by atoms with Gasteiger partial charge in [0.15, 0.2) is 6.61 Å². The molecule has 0 saturated carbocycles. The number of anilines is 1. The predicted molar refractivity (Wildman–Crippen MR) is 99.9 cm³/mol. The molecule has 0 aliphatic carbocycles. The van der Waals surface area contributed by atoms with Crippen molar-refractivity contribution in [1.82, 2.24) is 4.57 Å². The van der Waals surface area contributed by atoms with E-state index in [0.29, 0.717) is 5.56 Å². The summed E-state index contributed by atoms with van der Waals surface area (Å²) in [7, 11) is 1.81. The molecule has 1 N–H and O–H groups in total. The molecule has 0 aliphatic rings. The molecule has 3 rings (SSSR count). The second kappa shape index (κ2) is 7.46. The molecule has 8 nitrogen and oxygen atoms in total. The highest BCUT2D eigenvalue weighted by molar-refractivity contribution is 6.34. The number of nitro benzene ring substituents is 1. The van der Waals surface area contributed by atoms with E-state index in [9.17, 15) is 19.7 Å². The van der Waals surface area contributed by atoms with Gasteiger partial charge < -0.3 is 14.6 Å². The Morgan fingerprint density at radius 2 is 2.00 bits per heavy atom. The molecule has 0 spiro atoms. The minimum absolute atomic E-state index is 0.0120.